The Bertz CT molecular complexity index is 866. The molecule has 0 spiro atoms. The zero-order chi connectivity index (χ0) is 16.4. The highest BCUT2D eigenvalue weighted by Crippen LogP contribution is 2.36. The number of hydrogen-bond donors (Lipinski definition) is 2. The van der Waals surface area contributed by atoms with Gasteiger partial charge in [-0.1, -0.05) is 12.8 Å². The molecular weight excluding hydrogens is 302 g/mol. The highest BCUT2D eigenvalue weighted by molar-refractivity contribution is 5.88. The number of nitriles is 1. The average Bonchev–Trinajstić information content (AvgIpc) is 3.34. The Morgan fingerprint density at radius 2 is 2.25 bits per heavy atom. The molecule has 0 aromatic carbocycles. The number of aromatic nitrogens is 5. The number of anilines is 2. The lowest BCUT2D eigenvalue weighted by Crippen LogP contribution is -2.17. The van der Waals surface area contributed by atoms with E-state index in [0.29, 0.717) is 12.3 Å². The van der Waals surface area contributed by atoms with Crippen molar-refractivity contribution in [3.8, 4) is 6.07 Å². The second-order valence-corrected chi connectivity index (χ2v) is 6.27. The largest absolute Gasteiger partial charge is 0.346 e. The lowest BCUT2D eigenvalue weighted by atomic mass is 9.96. The van der Waals surface area contributed by atoms with Gasteiger partial charge in [0.15, 0.2) is 0 Å². The zero-order valence-electron chi connectivity index (χ0n) is 13.3. The number of nitrogens with zero attached hydrogens (tertiary/aromatic N) is 5. The minimum atomic E-state index is 0.158. The minimum Gasteiger partial charge on any atom is -0.346 e. The third-order valence-electron chi connectivity index (χ3n) is 4.80. The van der Waals surface area contributed by atoms with E-state index in [1.807, 2.05) is 23.1 Å². The zero-order valence-corrected chi connectivity index (χ0v) is 13.3. The minimum absolute atomic E-state index is 0.158. The molecule has 7 nitrogen and oxygen atoms in total. The van der Waals surface area contributed by atoms with Crippen LogP contribution in [0.4, 0.5) is 11.5 Å². The van der Waals surface area contributed by atoms with Crippen LogP contribution in [0.3, 0.4) is 0 Å². The van der Waals surface area contributed by atoms with Crippen LogP contribution < -0.4 is 5.32 Å². The molecule has 1 atom stereocenters. The third-order valence-corrected chi connectivity index (χ3v) is 4.80. The van der Waals surface area contributed by atoms with Gasteiger partial charge in [0.2, 0.25) is 0 Å². The van der Waals surface area contributed by atoms with Crippen molar-refractivity contribution in [3.63, 3.8) is 0 Å². The van der Waals surface area contributed by atoms with E-state index < -0.39 is 0 Å². The predicted molar refractivity (Wildman–Crippen MR) is 90.6 cm³/mol. The van der Waals surface area contributed by atoms with Gasteiger partial charge in [-0.05, 0) is 24.8 Å². The molecule has 3 heterocycles. The van der Waals surface area contributed by atoms with Crippen LogP contribution >= 0.6 is 0 Å². The Hall–Kier alpha value is -2.88. The summed E-state index contributed by atoms with van der Waals surface area (Å²) in [5, 5.41) is 17.9. The van der Waals surface area contributed by atoms with Crippen molar-refractivity contribution in [1.82, 2.24) is 24.7 Å². The molecule has 0 aliphatic heterocycles. The van der Waals surface area contributed by atoms with Crippen molar-refractivity contribution in [2.45, 2.75) is 38.1 Å². The van der Waals surface area contributed by atoms with Crippen LogP contribution in [0.25, 0.3) is 11.0 Å². The van der Waals surface area contributed by atoms with E-state index in [-0.39, 0.29) is 6.04 Å². The summed E-state index contributed by atoms with van der Waals surface area (Å²) in [6, 6.07) is 4.42. The molecule has 1 saturated carbocycles. The van der Waals surface area contributed by atoms with Crippen molar-refractivity contribution >= 4 is 22.5 Å². The topological polar surface area (TPSA) is 95.2 Å². The summed E-state index contributed by atoms with van der Waals surface area (Å²) in [5.41, 5.74) is 1.67. The molecule has 0 amide bonds. The first-order valence-corrected chi connectivity index (χ1v) is 8.31. The van der Waals surface area contributed by atoms with Crippen molar-refractivity contribution in [1.29, 1.82) is 5.26 Å². The smallest absolute Gasteiger partial charge is 0.143 e. The Morgan fingerprint density at radius 1 is 1.38 bits per heavy atom. The summed E-state index contributed by atoms with van der Waals surface area (Å²) < 4.78 is 1.94. The lowest BCUT2D eigenvalue weighted by Gasteiger charge is -2.21. The van der Waals surface area contributed by atoms with E-state index in [1.165, 1.54) is 32.0 Å². The van der Waals surface area contributed by atoms with Crippen molar-refractivity contribution in [2.24, 2.45) is 5.92 Å². The Balaban J connectivity index is 1.57. The van der Waals surface area contributed by atoms with E-state index in [2.05, 4.69) is 31.4 Å². The summed E-state index contributed by atoms with van der Waals surface area (Å²) >= 11 is 0. The molecule has 7 heteroatoms. The lowest BCUT2D eigenvalue weighted by molar-refractivity contribution is 0.315. The van der Waals surface area contributed by atoms with Crippen molar-refractivity contribution in [3.05, 3.63) is 31.0 Å². The van der Waals surface area contributed by atoms with E-state index in [4.69, 9.17) is 5.26 Å². The molecule has 122 valence electrons. The molecule has 0 saturated heterocycles. The normalized spacial score (nSPS) is 16.3. The van der Waals surface area contributed by atoms with Crippen LogP contribution in [0.1, 0.15) is 38.1 Å². The number of rotatable bonds is 5. The molecule has 4 rings (SSSR count). The van der Waals surface area contributed by atoms with Crippen LogP contribution in [0.2, 0.25) is 0 Å². The van der Waals surface area contributed by atoms with Crippen LogP contribution in [-0.4, -0.2) is 24.7 Å². The maximum Gasteiger partial charge on any atom is 0.143 e. The number of H-pyrrole nitrogens is 1. The predicted octanol–water partition coefficient (Wildman–Crippen LogP) is 3.54. The molecule has 2 N–H and O–H groups in total. The maximum absolute atomic E-state index is 9.17. The molecule has 1 fully saturated rings. The molecule has 0 bridgehead atoms. The molecule has 3 aromatic rings. The summed E-state index contributed by atoms with van der Waals surface area (Å²) in [7, 11) is 0. The molecule has 1 unspecified atom stereocenters. The number of fused-ring (bicyclic) bond motifs is 1. The molecule has 24 heavy (non-hydrogen) atoms. The number of nitrogens with one attached hydrogen (secondary N) is 2. The van der Waals surface area contributed by atoms with Gasteiger partial charge in [0.1, 0.15) is 17.8 Å². The molecule has 0 radical (unpaired) electrons. The quantitative estimate of drug-likeness (QED) is 0.749. The standard InChI is InChI=1S/C17H19N7/c18-7-5-15(12-3-1-2-4-12)24-10-13(9-22-24)23-17-14-6-8-19-16(14)20-11-21-17/h6,8-12,15H,1-5H2,(H2,19,20,21,23). The second kappa shape index (κ2) is 6.32. The Labute approximate surface area is 139 Å². The van der Waals surface area contributed by atoms with Crippen LogP contribution in [0.15, 0.2) is 31.0 Å². The van der Waals surface area contributed by atoms with E-state index in [1.54, 1.807) is 6.20 Å². The molecular formula is C17H19N7. The maximum atomic E-state index is 9.17. The van der Waals surface area contributed by atoms with Gasteiger partial charge < -0.3 is 10.3 Å². The first-order valence-electron chi connectivity index (χ1n) is 8.31. The van der Waals surface area contributed by atoms with Gasteiger partial charge in [-0.25, -0.2) is 9.97 Å². The summed E-state index contributed by atoms with van der Waals surface area (Å²) in [6.45, 7) is 0. The summed E-state index contributed by atoms with van der Waals surface area (Å²) in [6.07, 6.45) is 12.5. The van der Waals surface area contributed by atoms with Gasteiger partial charge >= 0.3 is 0 Å². The number of hydrogen-bond acceptors (Lipinski definition) is 5. The monoisotopic (exact) mass is 321 g/mol. The molecule has 1 aliphatic rings. The fraction of sp³-hybridized carbons (Fsp3) is 0.412. The van der Waals surface area contributed by atoms with E-state index in [9.17, 15) is 0 Å². The van der Waals surface area contributed by atoms with Crippen molar-refractivity contribution < 1.29 is 0 Å². The van der Waals surface area contributed by atoms with E-state index in [0.717, 1.165) is 22.5 Å². The average molecular weight is 321 g/mol. The van der Waals surface area contributed by atoms with Crippen LogP contribution in [0, 0.1) is 17.2 Å². The number of aromatic amines is 1. The van der Waals surface area contributed by atoms with Gasteiger partial charge in [0, 0.05) is 12.4 Å². The molecule has 1 aliphatic carbocycles. The Morgan fingerprint density at radius 3 is 3.08 bits per heavy atom. The van der Waals surface area contributed by atoms with E-state index >= 15 is 0 Å². The highest BCUT2D eigenvalue weighted by atomic mass is 15.3. The van der Waals surface area contributed by atoms with Gasteiger partial charge in [-0.3, -0.25) is 4.68 Å². The third kappa shape index (κ3) is 2.71. The highest BCUT2D eigenvalue weighted by Gasteiger charge is 2.27. The SMILES string of the molecule is N#CCC(C1CCCC1)n1cc(Nc2ncnc3[nH]ccc23)cn1. The summed E-state index contributed by atoms with van der Waals surface area (Å²) in [4.78, 5) is 11.6. The van der Waals surface area contributed by atoms with Gasteiger partial charge in [-0.2, -0.15) is 10.4 Å². The first kappa shape index (κ1) is 14.7. The molecule has 3 aromatic heterocycles. The van der Waals surface area contributed by atoms with Crippen LogP contribution in [-0.2, 0) is 0 Å². The van der Waals surface area contributed by atoms with Crippen molar-refractivity contribution in [2.75, 3.05) is 5.32 Å². The second-order valence-electron chi connectivity index (χ2n) is 6.27. The van der Waals surface area contributed by atoms with Gasteiger partial charge in [-0.15, -0.1) is 0 Å². The van der Waals surface area contributed by atoms with Gasteiger partial charge in [0.05, 0.1) is 35.8 Å². The fourth-order valence-electron chi connectivity index (χ4n) is 3.60. The summed E-state index contributed by atoms with van der Waals surface area (Å²) in [5.74, 6) is 1.30. The first-order chi connectivity index (χ1) is 11.8. The Kier molecular flexibility index (Phi) is 3.87. The fourth-order valence-corrected chi connectivity index (χ4v) is 3.60. The van der Waals surface area contributed by atoms with Crippen LogP contribution in [0.5, 0.6) is 0 Å². The van der Waals surface area contributed by atoms with Gasteiger partial charge in [0.25, 0.3) is 0 Å².